The van der Waals surface area contributed by atoms with Gasteiger partial charge in [0.1, 0.15) is 16.5 Å². The Hall–Kier alpha value is -1.70. The van der Waals surface area contributed by atoms with E-state index in [0.29, 0.717) is 5.82 Å². The minimum atomic E-state index is -0.368. The van der Waals surface area contributed by atoms with Gasteiger partial charge < -0.3 is 10.7 Å². The van der Waals surface area contributed by atoms with E-state index in [2.05, 4.69) is 20.7 Å². The van der Waals surface area contributed by atoms with Crippen LogP contribution in [0.25, 0.3) is 0 Å². The van der Waals surface area contributed by atoms with Crippen LogP contribution in [0.5, 0.6) is 0 Å². The molecule has 1 atom stereocenters. The summed E-state index contributed by atoms with van der Waals surface area (Å²) in [5, 5.41) is 5.85. The molecule has 1 amide bonds. The number of hydrogen-bond donors (Lipinski definition) is 3. The van der Waals surface area contributed by atoms with Crippen molar-refractivity contribution in [3.8, 4) is 0 Å². The molecule has 2 aromatic rings. The van der Waals surface area contributed by atoms with E-state index in [0.717, 1.165) is 10.7 Å². The molecule has 0 saturated heterocycles. The van der Waals surface area contributed by atoms with Crippen molar-refractivity contribution in [2.24, 2.45) is 5.84 Å². The van der Waals surface area contributed by atoms with Gasteiger partial charge in [-0.3, -0.25) is 4.79 Å². The topological polar surface area (TPSA) is 92.9 Å². The molecule has 0 radical (unpaired) electrons. The second-order valence-corrected chi connectivity index (χ2v) is 5.49. The Bertz CT molecular complexity index is 630. The van der Waals surface area contributed by atoms with Crippen LogP contribution in [0.2, 0.25) is 5.02 Å². The molecule has 20 heavy (non-hydrogen) atoms. The maximum atomic E-state index is 12.2. The number of hydrogen-bond acceptors (Lipinski definition) is 6. The van der Waals surface area contributed by atoms with Gasteiger partial charge in [0.15, 0.2) is 0 Å². The molecule has 0 aliphatic rings. The van der Waals surface area contributed by atoms with Crippen LogP contribution < -0.4 is 16.6 Å². The number of nitrogen functional groups attached to an aromatic ring is 1. The zero-order valence-corrected chi connectivity index (χ0v) is 12.5. The number of pyridine rings is 1. The van der Waals surface area contributed by atoms with Gasteiger partial charge in [-0.15, -0.1) is 11.3 Å². The molecule has 0 fully saturated rings. The second-order valence-electron chi connectivity index (χ2n) is 4.19. The first-order chi connectivity index (χ1) is 9.51. The number of rotatable bonds is 4. The van der Waals surface area contributed by atoms with Crippen LogP contribution in [0.3, 0.4) is 0 Å². The summed E-state index contributed by atoms with van der Waals surface area (Å²) in [7, 11) is 0. The number of nitrogens with one attached hydrogen (secondary N) is 2. The van der Waals surface area contributed by atoms with Crippen LogP contribution >= 0.6 is 22.9 Å². The third kappa shape index (κ3) is 3.24. The molecule has 2 aromatic heterocycles. The highest BCUT2D eigenvalue weighted by Crippen LogP contribution is 2.20. The van der Waals surface area contributed by atoms with E-state index in [1.165, 1.54) is 11.3 Å². The van der Waals surface area contributed by atoms with E-state index in [1.807, 2.05) is 19.2 Å². The number of aryl methyl sites for hydroxylation is 1. The maximum Gasteiger partial charge on any atom is 0.272 e. The molecule has 0 aliphatic carbocycles. The van der Waals surface area contributed by atoms with Crippen LogP contribution in [0.4, 0.5) is 5.82 Å². The lowest BCUT2D eigenvalue weighted by Gasteiger charge is -2.12. The van der Waals surface area contributed by atoms with Gasteiger partial charge in [0.25, 0.3) is 5.91 Å². The molecule has 1 unspecified atom stereocenters. The predicted molar refractivity (Wildman–Crippen MR) is 79.8 cm³/mol. The lowest BCUT2D eigenvalue weighted by atomic mass is 10.3. The highest BCUT2D eigenvalue weighted by Gasteiger charge is 2.18. The highest BCUT2D eigenvalue weighted by atomic mass is 35.5. The van der Waals surface area contributed by atoms with E-state index in [9.17, 15) is 4.79 Å². The minimum Gasteiger partial charge on any atom is -0.342 e. The standard InChI is InChI=1S/C12H14ClN5OS/c1-6-5-20-12(15-6)7(2)16-11(19)10-8(13)3-4-9(17-10)18-14/h3-5,7H,14H2,1-2H3,(H,16,19)(H,17,18). The number of anilines is 1. The zero-order valence-electron chi connectivity index (χ0n) is 11.0. The summed E-state index contributed by atoms with van der Waals surface area (Å²) in [6.45, 7) is 3.76. The Morgan fingerprint density at radius 1 is 1.45 bits per heavy atom. The molecule has 0 aliphatic heterocycles. The first kappa shape index (κ1) is 14.7. The average Bonchev–Trinajstić information content (AvgIpc) is 2.86. The van der Waals surface area contributed by atoms with Gasteiger partial charge in [0.05, 0.1) is 11.1 Å². The summed E-state index contributed by atoms with van der Waals surface area (Å²) < 4.78 is 0. The lowest BCUT2D eigenvalue weighted by Crippen LogP contribution is -2.28. The van der Waals surface area contributed by atoms with Gasteiger partial charge in [-0.05, 0) is 26.0 Å². The van der Waals surface area contributed by atoms with E-state index >= 15 is 0 Å². The molecule has 2 heterocycles. The van der Waals surface area contributed by atoms with E-state index < -0.39 is 0 Å². The molecule has 6 nitrogen and oxygen atoms in total. The highest BCUT2D eigenvalue weighted by molar-refractivity contribution is 7.09. The van der Waals surface area contributed by atoms with Crippen molar-refractivity contribution in [3.63, 3.8) is 0 Å². The first-order valence-corrected chi connectivity index (χ1v) is 7.13. The van der Waals surface area contributed by atoms with Crippen molar-refractivity contribution < 1.29 is 4.79 Å². The summed E-state index contributed by atoms with van der Waals surface area (Å²) in [6.07, 6.45) is 0. The summed E-state index contributed by atoms with van der Waals surface area (Å²) in [4.78, 5) is 20.6. The normalized spacial score (nSPS) is 12.0. The van der Waals surface area contributed by atoms with Crippen molar-refractivity contribution in [2.75, 3.05) is 5.43 Å². The van der Waals surface area contributed by atoms with Gasteiger partial charge >= 0.3 is 0 Å². The van der Waals surface area contributed by atoms with E-state index in [1.54, 1.807) is 12.1 Å². The van der Waals surface area contributed by atoms with Crippen LogP contribution in [-0.4, -0.2) is 15.9 Å². The van der Waals surface area contributed by atoms with Gasteiger partial charge in [0, 0.05) is 11.1 Å². The largest absolute Gasteiger partial charge is 0.342 e. The lowest BCUT2D eigenvalue weighted by molar-refractivity contribution is 0.0935. The zero-order chi connectivity index (χ0) is 14.7. The number of hydrazine groups is 1. The Balaban J connectivity index is 2.15. The van der Waals surface area contributed by atoms with Gasteiger partial charge in [-0.2, -0.15) is 0 Å². The first-order valence-electron chi connectivity index (χ1n) is 5.87. The third-order valence-electron chi connectivity index (χ3n) is 2.56. The molecule has 0 saturated carbocycles. The van der Waals surface area contributed by atoms with Gasteiger partial charge in [0.2, 0.25) is 0 Å². The number of amides is 1. The molecular formula is C12H14ClN5OS. The molecule has 4 N–H and O–H groups in total. The molecular weight excluding hydrogens is 298 g/mol. The van der Waals surface area contributed by atoms with Gasteiger partial charge in [-0.1, -0.05) is 11.6 Å². The number of nitrogens with two attached hydrogens (primary N) is 1. The molecule has 0 bridgehead atoms. The molecule has 8 heteroatoms. The quantitative estimate of drug-likeness (QED) is 0.595. The monoisotopic (exact) mass is 311 g/mol. The van der Waals surface area contributed by atoms with E-state index in [4.69, 9.17) is 17.4 Å². The predicted octanol–water partition coefficient (Wildman–Crippen LogP) is 2.28. The summed E-state index contributed by atoms with van der Waals surface area (Å²) >= 11 is 7.47. The van der Waals surface area contributed by atoms with Gasteiger partial charge in [-0.25, -0.2) is 15.8 Å². The average molecular weight is 312 g/mol. The number of thiazole rings is 1. The number of aromatic nitrogens is 2. The second kappa shape index (κ2) is 6.17. The fraction of sp³-hybridized carbons (Fsp3) is 0.250. The summed E-state index contributed by atoms with van der Waals surface area (Å²) in [6, 6.07) is 2.94. The summed E-state index contributed by atoms with van der Waals surface area (Å²) in [5.41, 5.74) is 3.43. The Kier molecular flexibility index (Phi) is 4.53. The number of nitrogens with zero attached hydrogens (tertiary/aromatic N) is 2. The van der Waals surface area contributed by atoms with Crippen molar-refractivity contribution in [2.45, 2.75) is 19.9 Å². The van der Waals surface area contributed by atoms with Crippen molar-refractivity contribution in [3.05, 3.63) is 38.9 Å². The van der Waals surface area contributed by atoms with Crippen molar-refractivity contribution in [1.29, 1.82) is 0 Å². The van der Waals surface area contributed by atoms with Crippen molar-refractivity contribution in [1.82, 2.24) is 15.3 Å². The van der Waals surface area contributed by atoms with Crippen LogP contribution in [-0.2, 0) is 0 Å². The van der Waals surface area contributed by atoms with Crippen molar-refractivity contribution >= 4 is 34.7 Å². The number of halogens is 1. The molecule has 0 spiro atoms. The SMILES string of the molecule is Cc1csc(C(C)NC(=O)c2nc(NN)ccc2Cl)n1. The van der Waals surface area contributed by atoms with Crippen LogP contribution in [0.1, 0.15) is 34.2 Å². The molecule has 106 valence electrons. The summed E-state index contributed by atoms with van der Waals surface area (Å²) in [5.74, 6) is 5.27. The van der Waals surface area contributed by atoms with Crippen LogP contribution in [0.15, 0.2) is 17.5 Å². The minimum absolute atomic E-state index is 0.127. The third-order valence-corrected chi connectivity index (χ3v) is 4.01. The number of carbonyl (C=O) groups is 1. The van der Waals surface area contributed by atoms with E-state index in [-0.39, 0.29) is 22.7 Å². The Morgan fingerprint density at radius 3 is 2.80 bits per heavy atom. The smallest absolute Gasteiger partial charge is 0.272 e. The molecule has 0 aromatic carbocycles. The number of carbonyl (C=O) groups excluding carboxylic acids is 1. The maximum absolute atomic E-state index is 12.2. The molecule has 2 rings (SSSR count). The fourth-order valence-electron chi connectivity index (χ4n) is 1.58. The fourth-order valence-corrected chi connectivity index (χ4v) is 2.57. The van der Waals surface area contributed by atoms with Crippen LogP contribution in [0, 0.1) is 6.92 Å². The Morgan fingerprint density at radius 2 is 2.20 bits per heavy atom. The Labute approximate surface area is 125 Å².